The third-order valence-corrected chi connectivity index (χ3v) is 5.64. The lowest BCUT2D eigenvalue weighted by molar-refractivity contribution is -0.173. The first kappa shape index (κ1) is 20.1. The van der Waals surface area contributed by atoms with Gasteiger partial charge in [-0.3, -0.25) is 4.79 Å². The molecule has 1 aliphatic rings. The van der Waals surface area contributed by atoms with Crippen molar-refractivity contribution in [1.29, 1.82) is 0 Å². The van der Waals surface area contributed by atoms with E-state index in [1.54, 1.807) is 23.1 Å². The molecular formula is C18H24F3NO2S. The molecule has 1 amide bonds. The third kappa shape index (κ3) is 6.90. The first-order chi connectivity index (χ1) is 11.9. The molecule has 140 valence electrons. The van der Waals surface area contributed by atoms with Gasteiger partial charge < -0.3 is 10.4 Å². The molecule has 7 heteroatoms. The van der Waals surface area contributed by atoms with Gasteiger partial charge in [0.15, 0.2) is 0 Å². The van der Waals surface area contributed by atoms with Crippen molar-refractivity contribution < 1.29 is 23.1 Å². The van der Waals surface area contributed by atoms with Crippen LogP contribution >= 0.6 is 11.8 Å². The maximum Gasteiger partial charge on any atom is 0.471 e. The van der Waals surface area contributed by atoms with Gasteiger partial charge in [-0.15, -0.1) is 11.8 Å². The molecule has 1 aliphatic carbocycles. The molecule has 1 aromatic rings. The summed E-state index contributed by atoms with van der Waals surface area (Å²) in [4.78, 5) is 11.8. The number of benzene rings is 1. The summed E-state index contributed by atoms with van der Waals surface area (Å²) in [6, 6.07) is 7.45. The largest absolute Gasteiger partial charge is 0.471 e. The van der Waals surface area contributed by atoms with Crippen molar-refractivity contribution in [2.24, 2.45) is 5.92 Å². The number of alkyl halides is 3. The minimum absolute atomic E-state index is 0.0402. The van der Waals surface area contributed by atoms with Gasteiger partial charge in [0.05, 0.1) is 6.10 Å². The highest BCUT2D eigenvalue weighted by Gasteiger charge is 2.38. The van der Waals surface area contributed by atoms with Gasteiger partial charge in [0, 0.05) is 17.2 Å². The molecule has 1 atom stereocenters. The summed E-state index contributed by atoms with van der Waals surface area (Å²) in [5.41, 5.74) is 0.662. The monoisotopic (exact) mass is 375 g/mol. The number of amides is 1. The van der Waals surface area contributed by atoms with Gasteiger partial charge >= 0.3 is 12.1 Å². The maximum atomic E-state index is 12.1. The molecule has 1 aromatic carbocycles. The van der Waals surface area contributed by atoms with Gasteiger partial charge in [-0.25, -0.2) is 0 Å². The highest BCUT2D eigenvalue weighted by atomic mass is 32.2. The molecule has 0 bridgehead atoms. The number of hydrogen-bond acceptors (Lipinski definition) is 3. The topological polar surface area (TPSA) is 49.3 Å². The van der Waals surface area contributed by atoms with Gasteiger partial charge in [0.25, 0.3) is 0 Å². The lowest BCUT2D eigenvalue weighted by atomic mass is 9.91. The molecule has 1 unspecified atom stereocenters. The Bertz CT molecular complexity index is 559. The lowest BCUT2D eigenvalue weighted by Gasteiger charge is -2.21. The zero-order valence-corrected chi connectivity index (χ0v) is 14.8. The Balaban J connectivity index is 1.79. The van der Waals surface area contributed by atoms with Crippen molar-refractivity contribution in [2.45, 2.75) is 55.7 Å². The highest BCUT2D eigenvalue weighted by molar-refractivity contribution is 7.99. The maximum absolute atomic E-state index is 12.1. The Kier molecular flexibility index (Phi) is 7.62. The standard InChI is InChI=1S/C18H24F3NO2S/c19-18(20,21)17(24)22-10-9-16(23)14-7-4-8-15(11-14)25-12-13-5-2-1-3-6-13/h4,7-8,11,13,16,23H,1-3,5-6,9-10,12H2,(H,22,24). The van der Waals surface area contributed by atoms with E-state index >= 15 is 0 Å². The predicted octanol–water partition coefficient (Wildman–Crippen LogP) is 4.46. The van der Waals surface area contributed by atoms with Crippen LogP contribution in [0.15, 0.2) is 29.2 Å². The van der Waals surface area contributed by atoms with E-state index in [1.807, 2.05) is 18.2 Å². The Morgan fingerprint density at radius 3 is 2.68 bits per heavy atom. The normalized spacial score (nSPS) is 17.3. The van der Waals surface area contributed by atoms with Gasteiger partial charge in [-0.2, -0.15) is 13.2 Å². The molecule has 25 heavy (non-hydrogen) atoms. The Hall–Kier alpha value is -1.21. The van der Waals surface area contributed by atoms with E-state index in [1.165, 1.54) is 32.1 Å². The van der Waals surface area contributed by atoms with Crippen molar-refractivity contribution in [1.82, 2.24) is 5.32 Å². The molecule has 0 aromatic heterocycles. The van der Waals surface area contributed by atoms with E-state index in [0.717, 1.165) is 16.6 Å². The second-order valence-corrected chi connectivity index (χ2v) is 7.54. The summed E-state index contributed by atoms with van der Waals surface area (Å²) < 4.78 is 36.3. The minimum atomic E-state index is -4.89. The average Bonchev–Trinajstić information content (AvgIpc) is 2.60. The number of rotatable bonds is 7. The van der Waals surface area contributed by atoms with Crippen molar-refractivity contribution in [3.05, 3.63) is 29.8 Å². The third-order valence-electron chi connectivity index (χ3n) is 4.41. The Morgan fingerprint density at radius 2 is 2.00 bits per heavy atom. The van der Waals surface area contributed by atoms with E-state index in [2.05, 4.69) is 0 Å². The van der Waals surface area contributed by atoms with Crippen LogP contribution in [0.4, 0.5) is 13.2 Å². The fraction of sp³-hybridized carbons (Fsp3) is 0.611. The van der Waals surface area contributed by atoms with Crippen LogP contribution in [0.2, 0.25) is 0 Å². The van der Waals surface area contributed by atoms with Crippen LogP contribution in [0.25, 0.3) is 0 Å². The number of carbonyl (C=O) groups is 1. The van der Waals surface area contributed by atoms with Crippen molar-refractivity contribution in [3.63, 3.8) is 0 Å². The molecule has 3 nitrogen and oxygen atoms in total. The van der Waals surface area contributed by atoms with E-state index < -0.39 is 18.2 Å². The summed E-state index contributed by atoms with van der Waals surface area (Å²) >= 11 is 1.76. The second-order valence-electron chi connectivity index (χ2n) is 6.45. The summed E-state index contributed by atoms with van der Waals surface area (Å²) in [5.74, 6) is -0.178. The van der Waals surface area contributed by atoms with E-state index in [9.17, 15) is 23.1 Å². The molecule has 0 aliphatic heterocycles. The number of halogens is 3. The summed E-state index contributed by atoms with van der Waals surface area (Å²) in [6.07, 6.45) is 0.722. The fourth-order valence-corrected chi connectivity index (χ4v) is 4.12. The molecule has 1 saturated carbocycles. The Labute approximate surface area is 150 Å². The molecule has 0 heterocycles. The van der Waals surface area contributed by atoms with E-state index in [0.29, 0.717) is 5.56 Å². The molecule has 0 saturated heterocycles. The smallest absolute Gasteiger partial charge is 0.388 e. The summed E-state index contributed by atoms with van der Waals surface area (Å²) in [6.45, 7) is -0.223. The van der Waals surface area contributed by atoms with Crippen LogP contribution in [-0.4, -0.2) is 29.5 Å². The molecule has 2 rings (SSSR count). The van der Waals surface area contributed by atoms with Crippen LogP contribution < -0.4 is 5.32 Å². The molecule has 0 radical (unpaired) electrons. The number of nitrogens with one attached hydrogen (secondary N) is 1. The van der Waals surface area contributed by atoms with Crippen LogP contribution in [0.1, 0.15) is 50.2 Å². The SMILES string of the molecule is O=C(NCCC(O)c1cccc(SCC2CCCCC2)c1)C(F)(F)F. The van der Waals surface area contributed by atoms with Crippen LogP contribution in [0, 0.1) is 5.92 Å². The van der Waals surface area contributed by atoms with Crippen molar-refractivity contribution >= 4 is 17.7 Å². The number of hydrogen-bond donors (Lipinski definition) is 2. The predicted molar refractivity (Wildman–Crippen MR) is 92.4 cm³/mol. The number of aliphatic hydroxyl groups excluding tert-OH is 1. The second kappa shape index (κ2) is 9.48. The van der Waals surface area contributed by atoms with Gasteiger partial charge in [-0.1, -0.05) is 31.4 Å². The van der Waals surface area contributed by atoms with Gasteiger partial charge in [0.1, 0.15) is 0 Å². The summed E-state index contributed by atoms with van der Waals surface area (Å²) in [5, 5.41) is 11.9. The van der Waals surface area contributed by atoms with Crippen LogP contribution in [0.3, 0.4) is 0 Å². The molecular weight excluding hydrogens is 351 g/mol. The Morgan fingerprint density at radius 1 is 1.28 bits per heavy atom. The zero-order valence-electron chi connectivity index (χ0n) is 14.0. The van der Waals surface area contributed by atoms with E-state index in [-0.39, 0.29) is 13.0 Å². The first-order valence-corrected chi connectivity index (χ1v) is 9.60. The lowest BCUT2D eigenvalue weighted by Crippen LogP contribution is -2.37. The zero-order chi connectivity index (χ0) is 18.3. The first-order valence-electron chi connectivity index (χ1n) is 8.62. The van der Waals surface area contributed by atoms with Crippen LogP contribution in [-0.2, 0) is 4.79 Å². The number of thioether (sulfide) groups is 1. The minimum Gasteiger partial charge on any atom is -0.388 e. The fourth-order valence-electron chi connectivity index (χ4n) is 2.97. The summed E-state index contributed by atoms with van der Waals surface area (Å²) in [7, 11) is 0. The van der Waals surface area contributed by atoms with E-state index in [4.69, 9.17) is 0 Å². The van der Waals surface area contributed by atoms with Gasteiger partial charge in [0.2, 0.25) is 0 Å². The molecule has 0 spiro atoms. The molecule has 2 N–H and O–H groups in total. The van der Waals surface area contributed by atoms with Gasteiger partial charge in [-0.05, 0) is 42.9 Å². The quantitative estimate of drug-likeness (QED) is 0.692. The highest BCUT2D eigenvalue weighted by Crippen LogP contribution is 2.31. The van der Waals surface area contributed by atoms with Crippen molar-refractivity contribution in [2.75, 3.05) is 12.3 Å². The van der Waals surface area contributed by atoms with Crippen LogP contribution in [0.5, 0.6) is 0 Å². The average molecular weight is 375 g/mol. The van der Waals surface area contributed by atoms with Crippen molar-refractivity contribution in [3.8, 4) is 0 Å². The number of carbonyl (C=O) groups excluding carboxylic acids is 1. The molecule has 1 fully saturated rings. The number of aliphatic hydroxyl groups is 1.